The van der Waals surface area contributed by atoms with Crippen LogP contribution < -0.4 is 5.32 Å². The van der Waals surface area contributed by atoms with Crippen LogP contribution in [0.1, 0.15) is 137 Å². The molecule has 1 fully saturated rings. The Balaban J connectivity index is 2.58. The van der Waals surface area contributed by atoms with E-state index in [0.29, 0.717) is 19.3 Å². The minimum absolute atomic E-state index is 0.0734. The zero-order valence-corrected chi connectivity index (χ0v) is 23.0. The number of unbranched alkanes of at least 4 members (excludes halogenated alkanes) is 11. The largest absolute Gasteiger partial charge is 0.461 e. The van der Waals surface area contributed by atoms with Crippen molar-refractivity contribution in [3.63, 3.8) is 0 Å². The first-order valence-electron chi connectivity index (χ1n) is 14.5. The second-order valence-corrected chi connectivity index (χ2v) is 10.8. The van der Waals surface area contributed by atoms with Gasteiger partial charge in [0, 0.05) is 6.42 Å². The van der Waals surface area contributed by atoms with Crippen molar-refractivity contribution in [1.82, 2.24) is 5.32 Å². The maximum absolute atomic E-state index is 12.9. The first kappa shape index (κ1) is 31.4. The third-order valence-electron chi connectivity index (χ3n) is 7.06. The normalized spacial score (nSPS) is 19.1. The van der Waals surface area contributed by atoms with Crippen molar-refractivity contribution >= 4 is 18.3 Å². The van der Waals surface area contributed by atoms with Crippen LogP contribution in [0.15, 0.2) is 0 Å². The molecule has 204 valence electrons. The first-order valence-corrected chi connectivity index (χ1v) is 14.5. The summed E-state index contributed by atoms with van der Waals surface area (Å²) < 4.78 is 11.4. The molecule has 6 nitrogen and oxygen atoms in total. The summed E-state index contributed by atoms with van der Waals surface area (Å²) in [6, 6.07) is -0.632. The monoisotopic (exact) mass is 495 g/mol. The number of esters is 2. The van der Waals surface area contributed by atoms with E-state index in [1.54, 1.807) is 0 Å². The molecule has 0 aromatic carbocycles. The summed E-state index contributed by atoms with van der Waals surface area (Å²) in [5.74, 6) is -0.302. The van der Waals surface area contributed by atoms with Crippen LogP contribution in [0.25, 0.3) is 0 Å². The van der Waals surface area contributed by atoms with E-state index in [1.807, 2.05) is 13.8 Å². The van der Waals surface area contributed by atoms with Crippen molar-refractivity contribution in [1.29, 1.82) is 0 Å². The van der Waals surface area contributed by atoms with E-state index in [2.05, 4.69) is 19.2 Å². The molecule has 0 bridgehead atoms. The molecular formula is C29H53NO5. The average Bonchev–Trinajstić information content (AvgIpc) is 2.81. The molecule has 1 saturated heterocycles. The van der Waals surface area contributed by atoms with Crippen LogP contribution in [0.5, 0.6) is 0 Å². The van der Waals surface area contributed by atoms with Crippen LogP contribution in [-0.4, -0.2) is 36.6 Å². The van der Waals surface area contributed by atoms with Gasteiger partial charge in [0.2, 0.25) is 6.41 Å². The van der Waals surface area contributed by atoms with Gasteiger partial charge in [-0.05, 0) is 31.6 Å². The summed E-state index contributed by atoms with van der Waals surface area (Å²) >= 11 is 0. The standard InChI is InChI=1S/C29H53NO5/c1-5-7-9-11-12-13-14-15-16-18-24(34-29(33)26(30-22-31)20-23(3)4)21-27-25(28(32)35-27)19-17-10-8-6-2/h22-27H,5-21H2,1-4H3,(H,30,31)/t24?,25-,26?,27?/m0/s1. The van der Waals surface area contributed by atoms with Crippen LogP contribution in [0.4, 0.5) is 0 Å². The number of carbonyl (C=O) groups is 3. The highest BCUT2D eigenvalue weighted by atomic mass is 16.6. The van der Waals surface area contributed by atoms with E-state index in [-0.39, 0.29) is 36.0 Å². The predicted molar refractivity (Wildman–Crippen MR) is 141 cm³/mol. The maximum Gasteiger partial charge on any atom is 0.328 e. The Morgan fingerprint density at radius 1 is 0.943 bits per heavy atom. The van der Waals surface area contributed by atoms with Crippen LogP contribution in [0, 0.1) is 11.8 Å². The molecular weight excluding hydrogens is 442 g/mol. The number of hydrogen-bond acceptors (Lipinski definition) is 5. The van der Waals surface area contributed by atoms with Crippen molar-refractivity contribution in [3.05, 3.63) is 0 Å². The molecule has 0 aliphatic carbocycles. The van der Waals surface area contributed by atoms with Crippen LogP contribution in [0.2, 0.25) is 0 Å². The van der Waals surface area contributed by atoms with Crippen molar-refractivity contribution in [2.75, 3.05) is 0 Å². The van der Waals surface area contributed by atoms with Crippen molar-refractivity contribution < 1.29 is 23.9 Å². The lowest BCUT2D eigenvalue weighted by Gasteiger charge is -2.37. The summed E-state index contributed by atoms with van der Waals surface area (Å²) in [4.78, 5) is 36.0. The second-order valence-electron chi connectivity index (χ2n) is 10.8. The van der Waals surface area contributed by atoms with Gasteiger partial charge < -0.3 is 14.8 Å². The second kappa shape index (κ2) is 19.6. The molecule has 0 radical (unpaired) electrons. The third kappa shape index (κ3) is 13.9. The van der Waals surface area contributed by atoms with Gasteiger partial charge in [-0.25, -0.2) is 4.79 Å². The Hall–Kier alpha value is -1.59. The number of rotatable bonds is 23. The highest BCUT2D eigenvalue weighted by Crippen LogP contribution is 2.32. The summed E-state index contributed by atoms with van der Waals surface area (Å²) in [5, 5.41) is 2.62. The molecule has 1 aliphatic rings. The molecule has 1 amide bonds. The van der Waals surface area contributed by atoms with Gasteiger partial charge in [0.1, 0.15) is 18.2 Å². The minimum Gasteiger partial charge on any atom is -0.461 e. The maximum atomic E-state index is 12.9. The van der Waals surface area contributed by atoms with Crippen LogP contribution in [0.3, 0.4) is 0 Å². The Labute approximate surface area is 214 Å². The fourth-order valence-corrected chi connectivity index (χ4v) is 4.90. The van der Waals surface area contributed by atoms with Gasteiger partial charge in [-0.3, -0.25) is 9.59 Å². The molecule has 0 aromatic heterocycles. The fraction of sp³-hybridized carbons (Fsp3) is 0.897. The lowest BCUT2D eigenvalue weighted by atomic mass is 9.86. The Morgan fingerprint density at radius 3 is 2.06 bits per heavy atom. The van der Waals surface area contributed by atoms with E-state index in [4.69, 9.17) is 9.47 Å². The Kier molecular flexibility index (Phi) is 17.6. The lowest BCUT2D eigenvalue weighted by Crippen LogP contribution is -2.48. The van der Waals surface area contributed by atoms with Gasteiger partial charge in [0.25, 0.3) is 0 Å². The van der Waals surface area contributed by atoms with E-state index in [1.165, 1.54) is 57.8 Å². The highest BCUT2D eigenvalue weighted by Gasteiger charge is 2.43. The molecule has 1 heterocycles. The smallest absolute Gasteiger partial charge is 0.328 e. The van der Waals surface area contributed by atoms with Gasteiger partial charge >= 0.3 is 11.9 Å². The third-order valence-corrected chi connectivity index (χ3v) is 7.06. The van der Waals surface area contributed by atoms with Crippen molar-refractivity contribution in [2.24, 2.45) is 11.8 Å². The molecule has 6 heteroatoms. The fourth-order valence-electron chi connectivity index (χ4n) is 4.90. The predicted octanol–water partition coefficient (Wildman–Crippen LogP) is 6.88. The van der Waals surface area contributed by atoms with Gasteiger partial charge in [-0.1, -0.05) is 105 Å². The highest BCUT2D eigenvalue weighted by molar-refractivity contribution is 5.79. The van der Waals surface area contributed by atoms with Crippen molar-refractivity contribution in [2.45, 2.75) is 155 Å². The number of cyclic esters (lactones) is 1. The number of amides is 1. The van der Waals surface area contributed by atoms with Gasteiger partial charge in [-0.2, -0.15) is 0 Å². The van der Waals surface area contributed by atoms with Gasteiger partial charge in [0.05, 0.1) is 5.92 Å². The molecule has 35 heavy (non-hydrogen) atoms. The van der Waals surface area contributed by atoms with E-state index < -0.39 is 6.04 Å². The summed E-state index contributed by atoms with van der Waals surface area (Å²) in [6.07, 6.45) is 18.5. The van der Waals surface area contributed by atoms with Crippen LogP contribution in [-0.2, 0) is 23.9 Å². The number of ether oxygens (including phenoxy) is 2. The van der Waals surface area contributed by atoms with E-state index in [9.17, 15) is 14.4 Å². The molecule has 1 rings (SSSR count). The van der Waals surface area contributed by atoms with Crippen molar-refractivity contribution in [3.8, 4) is 0 Å². The van der Waals surface area contributed by atoms with Gasteiger partial charge in [-0.15, -0.1) is 0 Å². The number of hydrogen-bond donors (Lipinski definition) is 1. The minimum atomic E-state index is -0.632. The zero-order valence-electron chi connectivity index (χ0n) is 23.0. The number of nitrogens with one attached hydrogen (secondary N) is 1. The summed E-state index contributed by atoms with van der Waals surface area (Å²) in [5.41, 5.74) is 0. The lowest BCUT2D eigenvalue weighted by molar-refractivity contribution is -0.190. The van der Waals surface area contributed by atoms with Crippen LogP contribution >= 0.6 is 0 Å². The van der Waals surface area contributed by atoms with E-state index >= 15 is 0 Å². The summed E-state index contributed by atoms with van der Waals surface area (Å²) in [7, 11) is 0. The molecule has 0 saturated carbocycles. The van der Waals surface area contributed by atoms with Gasteiger partial charge in [0.15, 0.2) is 0 Å². The van der Waals surface area contributed by atoms with E-state index in [0.717, 1.165) is 38.5 Å². The Morgan fingerprint density at radius 2 is 1.51 bits per heavy atom. The quantitative estimate of drug-likeness (QED) is 0.0949. The SMILES string of the molecule is CCCCCCCCCCCC(CC1OC(=O)[C@H]1CCCCCC)OC(=O)C(CC(C)C)NC=O. The molecule has 4 atom stereocenters. The topological polar surface area (TPSA) is 81.7 Å². The molecule has 0 spiro atoms. The zero-order chi connectivity index (χ0) is 25.9. The molecule has 0 aromatic rings. The average molecular weight is 496 g/mol. The number of carbonyl (C=O) groups excluding carboxylic acids is 3. The molecule has 1 N–H and O–H groups in total. The summed E-state index contributed by atoms with van der Waals surface area (Å²) in [6.45, 7) is 8.45. The molecule has 3 unspecified atom stereocenters. The first-order chi connectivity index (χ1) is 16.9. The molecule has 1 aliphatic heterocycles. The Bertz CT molecular complexity index is 579.